The van der Waals surface area contributed by atoms with Crippen molar-refractivity contribution in [2.24, 2.45) is 5.92 Å². The molecule has 2 N–H and O–H groups in total. The molecule has 0 saturated carbocycles. The van der Waals surface area contributed by atoms with Gasteiger partial charge in [-0.05, 0) is 68.5 Å². The Morgan fingerprint density at radius 3 is 2.50 bits per heavy atom. The Balaban J connectivity index is 1.45. The van der Waals surface area contributed by atoms with Gasteiger partial charge in [0, 0.05) is 30.3 Å². The van der Waals surface area contributed by atoms with Crippen molar-refractivity contribution in [1.82, 2.24) is 15.5 Å². The first-order valence-corrected chi connectivity index (χ1v) is 12.3. The van der Waals surface area contributed by atoms with E-state index in [1.807, 2.05) is 13.8 Å². The van der Waals surface area contributed by atoms with Crippen LogP contribution in [-0.2, 0) is 4.79 Å². The lowest BCUT2D eigenvalue weighted by atomic mass is 9.88. The zero-order valence-corrected chi connectivity index (χ0v) is 20.9. The molecular weight excluding hydrogens is 462 g/mol. The van der Waals surface area contributed by atoms with Crippen LogP contribution in [0.2, 0.25) is 0 Å². The summed E-state index contributed by atoms with van der Waals surface area (Å²) in [5.74, 6) is 0.976. The van der Waals surface area contributed by atoms with Gasteiger partial charge in [-0.25, -0.2) is 0 Å². The molecule has 0 unspecified atom stereocenters. The maximum atomic E-state index is 13.2. The molecule has 2 heterocycles. The summed E-state index contributed by atoms with van der Waals surface area (Å²) in [6, 6.07) is 11.3. The van der Waals surface area contributed by atoms with Gasteiger partial charge in [0.25, 0.3) is 11.8 Å². The lowest BCUT2D eigenvalue weighted by Crippen LogP contribution is -2.55. The molecule has 1 saturated heterocycles. The minimum atomic E-state index is -0.717. The van der Waals surface area contributed by atoms with Crippen molar-refractivity contribution in [2.75, 3.05) is 27.0 Å². The Bertz CT molecular complexity index is 1110. The van der Waals surface area contributed by atoms with E-state index in [-0.39, 0.29) is 36.5 Å². The highest BCUT2D eigenvalue weighted by Gasteiger charge is 2.35. The number of piperidine rings is 1. The number of amides is 3. The number of fused-ring (bicyclic) bond motifs is 1. The number of hydrogen-bond donors (Lipinski definition) is 2. The zero-order chi connectivity index (χ0) is 25.7. The largest absolute Gasteiger partial charge is 0.497 e. The molecule has 0 radical (unpaired) electrons. The van der Waals surface area contributed by atoms with E-state index >= 15 is 0 Å². The van der Waals surface area contributed by atoms with Gasteiger partial charge in [-0.15, -0.1) is 0 Å². The summed E-state index contributed by atoms with van der Waals surface area (Å²) >= 11 is 0. The predicted molar refractivity (Wildman–Crippen MR) is 133 cm³/mol. The van der Waals surface area contributed by atoms with Gasteiger partial charge >= 0.3 is 0 Å². The van der Waals surface area contributed by atoms with Gasteiger partial charge in [-0.2, -0.15) is 0 Å². The Kier molecular flexibility index (Phi) is 7.97. The molecule has 9 nitrogen and oxygen atoms in total. The van der Waals surface area contributed by atoms with Gasteiger partial charge in [0.1, 0.15) is 11.8 Å². The quantitative estimate of drug-likeness (QED) is 0.583. The Labute approximate surface area is 211 Å². The number of rotatable bonds is 8. The number of carbonyl (C=O) groups is 3. The second-order valence-electron chi connectivity index (χ2n) is 9.20. The van der Waals surface area contributed by atoms with Crippen molar-refractivity contribution in [3.05, 3.63) is 53.6 Å². The Morgan fingerprint density at radius 1 is 1.03 bits per heavy atom. The predicted octanol–water partition coefficient (Wildman–Crippen LogP) is 2.99. The molecule has 2 atom stereocenters. The first kappa shape index (κ1) is 25.3. The second kappa shape index (κ2) is 11.3. The number of methoxy groups -OCH3 is 1. The van der Waals surface area contributed by atoms with Crippen LogP contribution in [0.1, 0.15) is 53.8 Å². The third-order valence-electron chi connectivity index (χ3n) is 6.82. The van der Waals surface area contributed by atoms with Crippen molar-refractivity contribution in [3.8, 4) is 17.2 Å². The Morgan fingerprint density at radius 2 is 1.78 bits per heavy atom. The molecule has 4 rings (SSSR count). The lowest BCUT2D eigenvalue weighted by Gasteiger charge is -2.36. The van der Waals surface area contributed by atoms with Gasteiger partial charge < -0.3 is 29.7 Å². The fourth-order valence-electron chi connectivity index (χ4n) is 4.47. The minimum absolute atomic E-state index is 0.0165. The lowest BCUT2D eigenvalue weighted by molar-refractivity contribution is -0.125. The molecule has 9 heteroatoms. The summed E-state index contributed by atoms with van der Waals surface area (Å²) in [5.41, 5.74) is 0.959. The van der Waals surface area contributed by atoms with E-state index in [1.165, 1.54) is 0 Å². The number of likely N-dealkylation sites (tertiary alicyclic amines) is 1. The SMILES string of the molecule is CC[C@@H](C)NC(=O)[C@H](NC(=O)c1ccc2c(c1)OCO2)C1CCN(C(=O)c2cccc(OC)c2)CC1. The van der Waals surface area contributed by atoms with Gasteiger partial charge in [0.05, 0.1) is 7.11 Å². The molecule has 36 heavy (non-hydrogen) atoms. The monoisotopic (exact) mass is 495 g/mol. The third kappa shape index (κ3) is 5.72. The van der Waals surface area contributed by atoms with Crippen LogP contribution < -0.4 is 24.8 Å². The standard InChI is InChI=1S/C27H33N3O6/c1-4-17(2)28-26(32)24(29-25(31)19-8-9-22-23(15-19)36-16-35-22)18-10-12-30(13-11-18)27(33)20-6-5-7-21(14-20)34-3/h5-9,14-15,17-18,24H,4,10-13,16H2,1-3H3,(H,28,32)(H,29,31)/t17-,24-/m1/s1. The van der Waals surface area contributed by atoms with Crippen LogP contribution in [0.5, 0.6) is 17.2 Å². The topological polar surface area (TPSA) is 106 Å². The number of nitrogens with one attached hydrogen (secondary N) is 2. The molecule has 2 aromatic carbocycles. The number of nitrogens with zero attached hydrogens (tertiary/aromatic N) is 1. The van der Waals surface area contributed by atoms with Crippen molar-refractivity contribution < 1.29 is 28.6 Å². The van der Waals surface area contributed by atoms with E-state index in [2.05, 4.69) is 10.6 Å². The Hall–Kier alpha value is -3.75. The van der Waals surface area contributed by atoms with Crippen molar-refractivity contribution in [2.45, 2.75) is 45.2 Å². The molecule has 192 valence electrons. The molecule has 0 spiro atoms. The van der Waals surface area contributed by atoms with Crippen molar-refractivity contribution in [3.63, 3.8) is 0 Å². The molecule has 0 aromatic heterocycles. The summed E-state index contributed by atoms with van der Waals surface area (Å²) in [5, 5.41) is 5.95. The smallest absolute Gasteiger partial charge is 0.253 e. The van der Waals surface area contributed by atoms with Gasteiger partial charge in [0.15, 0.2) is 11.5 Å². The van der Waals surface area contributed by atoms with E-state index < -0.39 is 6.04 Å². The third-order valence-corrected chi connectivity index (χ3v) is 6.82. The fourth-order valence-corrected chi connectivity index (χ4v) is 4.47. The summed E-state index contributed by atoms with van der Waals surface area (Å²) < 4.78 is 15.9. The molecule has 0 aliphatic carbocycles. The normalized spacial score (nSPS) is 16.7. The van der Waals surface area contributed by atoms with Crippen LogP contribution in [0.4, 0.5) is 0 Å². The first-order chi connectivity index (χ1) is 17.4. The molecular formula is C27H33N3O6. The van der Waals surface area contributed by atoms with Crippen LogP contribution in [0.15, 0.2) is 42.5 Å². The maximum absolute atomic E-state index is 13.2. The van der Waals surface area contributed by atoms with E-state index in [0.29, 0.717) is 54.3 Å². The van der Waals surface area contributed by atoms with Gasteiger partial charge in [-0.1, -0.05) is 13.0 Å². The van der Waals surface area contributed by atoms with E-state index in [0.717, 1.165) is 6.42 Å². The number of ether oxygens (including phenoxy) is 3. The summed E-state index contributed by atoms with van der Waals surface area (Å²) in [7, 11) is 1.57. The summed E-state index contributed by atoms with van der Waals surface area (Å²) in [4.78, 5) is 41.1. The summed E-state index contributed by atoms with van der Waals surface area (Å²) in [6.45, 7) is 5.03. The minimum Gasteiger partial charge on any atom is -0.497 e. The molecule has 1 fully saturated rings. The van der Waals surface area contributed by atoms with Crippen molar-refractivity contribution >= 4 is 17.7 Å². The van der Waals surface area contributed by atoms with Crippen LogP contribution in [0, 0.1) is 5.92 Å². The number of hydrogen-bond acceptors (Lipinski definition) is 6. The van der Waals surface area contributed by atoms with Crippen LogP contribution >= 0.6 is 0 Å². The van der Waals surface area contributed by atoms with Gasteiger partial charge in [-0.3, -0.25) is 14.4 Å². The van der Waals surface area contributed by atoms with E-state index in [4.69, 9.17) is 14.2 Å². The highest BCUT2D eigenvalue weighted by atomic mass is 16.7. The average molecular weight is 496 g/mol. The highest BCUT2D eigenvalue weighted by Crippen LogP contribution is 2.32. The fraction of sp³-hybridized carbons (Fsp3) is 0.444. The zero-order valence-electron chi connectivity index (χ0n) is 20.9. The highest BCUT2D eigenvalue weighted by molar-refractivity contribution is 5.98. The first-order valence-electron chi connectivity index (χ1n) is 12.3. The second-order valence-corrected chi connectivity index (χ2v) is 9.20. The number of benzene rings is 2. The number of carbonyl (C=O) groups excluding carboxylic acids is 3. The average Bonchev–Trinajstić information content (AvgIpc) is 3.39. The van der Waals surface area contributed by atoms with Crippen LogP contribution in [0.25, 0.3) is 0 Å². The van der Waals surface area contributed by atoms with Crippen LogP contribution in [0.3, 0.4) is 0 Å². The maximum Gasteiger partial charge on any atom is 0.253 e. The van der Waals surface area contributed by atoms with Gasteiger partial charge in [0.2, 0.25) is 12.7 Å². The van der Waals surface area contributed by atoms with E-state index in [1.54, 1.807) is 54.5 Å². The molecule has 3 amide bonds. The van der Waals surface area contributed by atoms with Crippen LogP contribution in [-0.4, -0.2) is 61.7 Å². The molecule has 2 aliphatic rings. The van der Waals surface area contributed by atoms with E-state index in [9.17, 15) is 14.4 Å². The summed E-state index contributed by atoms with van der Waals surface area (Å²) in [6.07, 6.45) is 1.97. The molecule has 2 aliphatic heterocycles. The molecule has 0 bridgehead atoms. The molecule has 2 aromatic rings. The van der Waals surface area contributed by atoms with Crippen molar-refractivity contribution in [1.29, 1.82) is 0 Å².